The van der Waals surface area contributed by atoms with Crippen LogP contribution in [0, 0.1) is 20.8 Å². The van der Waals surface area contributed by atoms with E-state index in [2.05, 4.69) is 44.7 Å². The first-order valence-corrected chi connectivity index (χ1v) is 13.8. The number of likely N-dealkylation sites (tertiary alicyclic amines) is 1. The van der Waals surface area contributed by atoms with Crippen molar-refractivity contribution in [3.63, 3.8) is 0 Å². The van der Waals surface area contributed by atoms with E-state index in [1.807, 2.05) is 30.3 Å². The first kappa shape index (κ1) is 26.3. The van der Waals surface area contributed by atoms with Crippen molar-refractivity contribution < 1.29 is 19.0 Å². The van der Waals surface area contributed by atoms with Gasteiger partial charge in [0.05, 0.1) is 0 Å². The number of hydrogen-bond donors (Lipinski definition) is 0. The van der Waals surface area contributed by atoms with Gasteiger partial charge in [-0.2, -0.15) is 0 Å². The lowest BCUT2D eigenvalue weighted by Gasteiger charge is -2.41. The van der Waals surface area contributed by atoms with Gasteiger partial charge in [-0.05, 0) is 106 Å². The lowest BCUT2D eigenvalue weighted by molar-refractivity contribution is 0.0146. The summed E-state index contributed by atoms with van der Waals surface area (Å²) >= 11 is 0. The molecule has 5 nitrogen and oxygen atoms in total. The van der Waals surface area contributed by atoms with Crippen LogP contribution in [0.2, 0.25) is 0 Å². The molecular weight excluding hydrogens is 474 g/mol. The predicted molar refractivity (Wildman–Crippen MR) is 151 cm³/mol. The van der Waals surface area contributed by atoms with Gasteiger partial charge >= 0.3 is 0 Å². The Kier molecular flexibility index (Phi) is 7.75. The molecule has 1 fully saturated rings. The molecule has 1 saturated heterocycles. The zero-order chi connectivity index (χ0) is 26.7. The topological polar surface area (TPSA) is 48.0 Å². The molecule has 3 aromatic carbocycles. The average Bonchev–Trinajstić information content (AvgIpc) is 3.37. The molecule has 5 rings (SSSR count). The van der Waals surface area contributed by atoms with Crippen LogP contribution >= 0.6 is 0 Å². The molecule has 0 aliphatic carbocycles. The van der Waals surface area contributed by atoms with Gasteiger partial charge in [-0.3, -0.25) is 9.69 Å². The summed E-state index contributed by atoms with van der Waals surface area (Å²) in [5.41, 5.74) is 6.42. The van der Waals surface area contributed by atoms with Gasteiger partial charge in [0.1, 0.15) is 42.3 Å². The Balaban J connectivity index is 1.26. The third-order valence-corrected chi connectivity index (χ3v) is 8.28. The van der Waals surface area contributed by atoms with E-state index < -0.39 is 0 Å². The Morgan fingerprint density at radius 2 is 1.76 bits per heavy atom. The van der Waals surface area contributed by atoms with Crippen LogP contribution in [-0.2, 0) is 13.0 Å². The Labute approximate surface area is 226 Å². The summed E-state index contributed by atoms with van der Waals surface area (Å²) in [7, 11) is 0. The highest BCUT2D eigenvalue weighted by atomic mass is 16.5. The molecule has 2 aliphatic heterocycles. The first-order chi connectivity index (χ1) is 18.4. The fourth-order valence-corrected chi connectivity index (χ4v) is 5.90. The number of benzene rings is 3. The number of nitrogens with zero attached hydrogens (tertiary/aromatic N) is 1. The molecule has 0 bridgehead atoms. The van der Waals surface area contributed by atoms with Crippen molar-refractivity contribution in [2.45, 2.75) is 71.6 Å². The Morgan fingerprint density at radius 1 is 1.00 bits per heavy atom. The molecule has 0 saturated carbocycles. The van der Waals surface area contributed by atoms with Gasteiger partial charge in [-0.15, -0.1) is 0 Å². The van der Waals surface area contributed by atoms with Crippen LogP contribution in [0.5, 0.6) is 17.2 Å². The van der Waals surface area contributed by atoms with Crippen molar-refractivity contribution in [3.05, 3.63) is 88.0 Å². The van der Waals surface area contributed by atoms with E-state index in [1.54, 1.807) is 12.1 Å². The Bertz CT molecular complexity index is 1270. The number of fused-ring (bicyclic) bond motifs is 1. The molecule has 38 heavy (non-hydrogen) atoms. The largest absolute Gasteiger partial charge is 0.492 e. The molecule has 5 heteroatoms. The van der Waals surface area contributed by atoms with E-state index in [-0.39, 0.29) is 5.60 Å². The highest BCUT2D eigenvalue weighted by molar-refractivity contribution is 5.74. The predicted octanol–water partition coefficient (Wildman–Crippen LogP) is 6.63. The van der Waals surface area contributed by atoms with Crippen LogP contribution in [0.1, 0.15) is 64.4 Å². The zero-order valence-corrected chi connectivity index (χ0v) is 23.1. The van der Waals surface area contributed by atoms with Gasteiger partial charge in [0.2, 0.25) is 0 Å². The quantitative estimate of drug-likeness (QED) is 0.301. The Hall–Kier alpha value is -3.31. The van der Waals surface area contributed by atoms with Gasteiger partial charge < -0.3 is 14.2 Å². The molecule has 0 radical (unpaired) electrons. The monoisotopic (exact) mass is 513 g/mol. The highest BCUT2D eigenvalue weighted by Crippen LogP contribution is 2.44. The van der Waals surface area contributed by atoms with Crippen molar-refractivity contribution in [1.82, 2.24) is 4.90 Å². The van der Waals surface area contributed by atoms with Crippen LogP contribution < -0.4 is 14.2 Å². The van der Waals surface area contributed by atoms with Crippen LogP contribution in [0.3, 0.4) is 0 Å². The molecule has 0 aromatic heterocycles. The van der Waals surface area contributed by atoms with Crippen LogP contribution in [0.25, 0.3) is 0 Å². The maximum atomic E-state index is 10.9. The van der Waals surface area contributed by atoms with Gasteiger partial charge in [0.15, 0.2) is 0 Å². The number of ether oxygens (including phenoxy) is 3. The maximum absolute atomic E-state index is 10.9. The van der Waals surface area contributed by atoms with Crippen LogP contribution in [-0.4, -0.2) is 42.5 Å². The fourth-order valence-electron chi connectivity index (χ4n) is 5.90. The molecule has 2 heterocycles. The number of carbonyl (C=O) groups is 1. The van der Waals surface area contributed by atoms with Crippen LogP contribution in [0.15, 0.2) is 54.6 Å². The van der Waals surface area contributed by atoms with E-state index in [1.165, 1.54) is 28.7 Å². The summed E-state index contributed by atoms with van der Waals surface area (Å²) in [6, 6.07) is 18.0. The lowest BCUT2D eigenvalue weighted by Crippen LogP contribution is -2.50. The first-order valence-electron chi connectivity index (χ1n) is 13.8. The summed E-state index contributed by atoms with van der Waals surface area (Å²) in [6.07, 6.45) is 5.11. The van der Waals surface area contributed by atoms with Gasteiger partial charge in [0.25, 0.3) is 0 Å². The van der Waals surface area contributed by atoms with Crippen LogP contribution in [0.4, 0.5) is 0 Å². The molecule has 0 N–H and O–H groups in total. The zero-order valence-electron chi connectivity index (χ0n) is 23.1. The van der Waals surface area contributed by atoms with Gasteiger partial charge in [-0.1, -0.05) is 30.3 Å². The molecule has 0 unspecified atom stereocenters. The van der Waals surface area contributed by atoms with Gasteiger partial charge in [0, 0.05) is 23.7 Å². The van der Waals surface area contributed by atoms with Gasteiger partial charge in [-0.25, -0.2) is 0 Å². The summed E-state index contributed by atoms with van der Waals surface area (Å²) < 4.78 is 19.3. The minimum absolute atomic E-state index is 0.253. The second kappa shape index (κ2) is 11.2. The molecule has 3 aromatic rings. The normalized spacial score (nSPS) is 21.0. The van der Waals surface area contributed by atoms with Crippen molar-refractivity contribution in [3.8, 4) is 17.2 Å². The molecule has 0 spiro atoms. The smallest absolute Gasteiger partial charge is 0.150 e. The second-order valence-corrected chi connectivity index (χ2v) is 11.1. The van der Waals surface area contributed by atoms with E-state index in [0.717, 1.165) is 61.5 Å². The summed E-state index contributed by atoms with van der Waals surface area (Å²) in [5.74, 6) is 2.85. The van der Waals surface area contributed by atoms with E-state index >= 15 is 0 Å². The summed E-state index contributed by atoms with van der Waals surface area (Å²) in [5, 5.41) is 0. The summed E-state index contributed by atoms with van der Waals surface area (Å²) in [4.78, 5) is 13.5. The Morgan fingerprint density at radius 3 is 2.50 bits per heavy atom. The number of rotatable bonds is 9. The van der Waals surface area contributed by atoms with Crippen molar-refractivity contribution in [1.29, 1.82) is 0 Å². The van der Waals surface area contributed by atoms with Crippen molar-refractivity contribution in [2.24, 2.45) is 0 Å². The van der Waals surface area contributed by atoms with Crippen molar-refractivity contribution >= 4 is 6.29 Å². The third kappa shape index (κ3) is 5.58. The third-order valence-electron chi connectivity index (χ3n) is 8.28. The molecule has 0 amide bonds. The molecule has 2 aliphatic rings. The maximum Gasteiger partial charge on any atom is 0.150 e. The standard InChI is InChI=1S/C33H39NO4/c1-23-24(2)32-30(25(3)31(23)37-20-27-9-6-5-7-10-27)16-17-33(4,38-32)22-34-18-8-11-28(34)21-36-29-14-12-26(19-35)13-15-29/h5-7,9-10,12-15,19,28H,8,11,16-18,20-22H2,1-4H3/t28-,33-/m0/s1. The fraction of sp³-hybridized carbons (Fsp3) is 0.424. The van der Waals surface area contributed by atoms with Crippen molar-refractivity contribution in [2.75, 3.05) is 19.7 Å². The number of aldehydes is 1. The van der Waals surface area contributed by atoms with E-state index in [9.17, 15) is 4.79 Å². The van der Waals surface area contributed by atoms with E-state index in [4.69, 9.17) is 14.2 Å². The lowest BCUT2D eigenvalue weighted by atomic mass is 9.86. The minimum atomic E-state index is -0.253. The number of hydrogen-bond acceptors (Lipinski definition) is 5. The molecule has 200 valence electrons. The SMILES string of the molecule is Cc1c(C)c2c(c(C)c1OCc1ccccc1)CC[C@@](C)(CN1CCC[C@H]1COc1ccc(C=O)cc1)O2. The average molecular weight is 514 g/mol. The number of carbonyl (C=O) groups excluding carboxylic acids is 1. The minimum Gasteiger partial charge on any atom is -0.492 e. The summed E-state index contributed by atoms with van der Waals surface area (Å²) in [6.45, 7) is 11.9. The van der Waals surface area contributed by atoms with E-state index in [0.29, 0.717) is 24.8 Å². The molecular formula is C33H39NO4. The highest BCUT2D eigenvalue weighted by Gasteiger charge is 2.39. The molecule has 2 atom stereocenters. The second-order valence-electron chi connectivity index (χ2n) is 11.1.